The van der Waals surface area contributed by atoms with Crippen molar-refractivity contribution in [2.75, 3.05) is 32.9 Å². The molecule has 2 unspecified atom stereocenters. The lowest BCUT2D eigenvalue weighted by molar-refractivity contribution is -0.139. The smallest absolute Gasteiger partial charge is 0.248 e. The molecule has 0 aromatic rings. The topological polar surface area (TPSA) is 90.2 Å². The first-order chi connectivity index (χ1) is 7.47. The highest BCUT2D eigenvalue weighted by Crippen LogP contribution is 1.97. The summed E-state index contributed by atoms with van der Waals surface area (Å²) in [5.41, 5.74) is 0. The van der Waals surface area contributed by atoms with Gasteiger partial charge in [0.1, 0.15) is 6.61 Å². The van der Waals surface area contributed by atoms with E-state index in [4.69, 9.17) is 9.84 Å². The second-order valence-corrected chi connectivity index (χ2v) is 3.77. The van der Waals surface area contributed by atoms with Crippen molar-refractivity contribution in [3.63, 3.8) is 0 Å². The summed E-state index contributed by atoms with van der Waals surface area (Å²) in [6.07, 6.45) is -1.30. The molecule has 0 rings (SSSR count). The summed E-state index contributed by atoms with van der Waals surface area (Å²) in [6.45, 7) is 3.26. The first-order valence-corrected chi connectivity index (χ1v) is 5.29. The minimum absolute atomic E-state index is 0.100. The minimum Gasteiger partial charge on any atom is -0.394 e. The minimum atomic E-state index is -0.652. The van der Waals surface area contributed by atoms with Crippen LogP contribution in [0.25, 0.3) is 0 Å². The zero-order valence-corrected chi connectivity index (χ0v) is 9.80. The Balaban J connectivity index is 4.10. The number of carbonyl (C=O) groups excluding carboxylic acids is 1. The van der Waals surface area contributed by atoms with Crippen LogP contribution in [0.5, 0.6) is 0 Å². The van der Waals surface area contributed by atoms with Gasteiger partial charge in [-0.05, 0) is 13.8 Å². The molecule has 0 aromatic carbocycles. The lowest BCUT2D eigenvalue weighted by atomic mass is 10.3. The highest BCUT2D eigenvalue weighted by Gasteiger charge is 2.17. The fourth-order valence-electron chi connectivity index (χ4n) is 1.23. The molecule has 0 aliphatic rings. The molecule has 3 N–H and O–H groups in total. The van der Waals surface area contributed by atoms with Crippen LogP contribution < -0.4 is 0 Å². The molecule has 0 saturated heterocycles. The number of ether oxygens (including phenoxy) is 1. The van der Waals surface area contributed by atoms with E-state index < -0.39 is 12.2 Å². The maximum absolute atomic E-state index is 11.6. The first-order valence-electron chi connectivity index (χ1n) is 5.29. The molecule has 0 aliphatic heterocycles. The predicted molar refractivity (Wildman–Crippen MR) is 57.8 cm³/mol. The molecule has 96 valence electrons. The van der Waals surface area contributed by atoms with Gasteiger partial charge in [-0.2, -0.15) is 0 Å². The van der Waals surface area contributed by atoms with Crippen molar-refractivity contribution in [1.29, 1.82) is 0 Å². The third kappa shape index (κ3) is 7.58. The van der Waals surface area contributed by atoms with Crippen molar-refractivity contribution in [1.82, 2.24) is 4.90 Å². The number of aliphatic hydroxyl groups is 3. The van der Waals surface area contributed by atoms with Crippen molar-refractivity contribution in [3.05, 3.63) is 0 Å². The predicted octanol–water partition coefficient (Wildman–Crippen LogP) is -1.41. The zero-order valence-electron chi connectivity index (χ0n) is 9.80. The average Bonchev–Trinajstić information content (AvgIpc) is 2.15. The van der Waals surface area contributed by atoms with E-state index in [0.717, 1.165) is 0 Å². The third-order valence-electron chi connectivity index (χ3n) is 1.78. The number of carbonyl (C=O) groups is 1. The molecule has 6 nitrogen and oxygen atoms in total. The fourth-order valence-corrected chi connectivity index (χ4v) is 1.23. The van der Waals surface area contributed by atoms with Crippen LogP contribution in [0.1, 0.15) is 13.8 Å². The van der Waals surface area contributed by atoms with Gasteiger partial charge in [0.05, 0.1) is 25.4 Å². The van der Waals surface area contributed by atoms with E-state index in [9.17, 15) is 15.0 Å². The summed E-state index contributed by atoms with van der Waals surface area (Å²) < 4.78 is 4.88. The van der Waals surface area contributed by atoms with Gasteiger partial charge in [0, 0.05) is 13.1 Å². The molecule has 0 spiro atoms. The summed E-state index contributed by atoms with van der Waals surface area (Å²) in [5, 5.41) is 26.9. The van der Waals surface area contributed by atoms with E-state index >= 15 is 0 Å². The van der Waals surface area contributed by atoms with Crippen LogP contribution >= 0.6 is 0 Å². The van der Waals surface area contributed by atoms with Crippen LogP contribution in [0, 0.1) is 0 Å². The van der Waals surface area contributed by atoms with Gasteiger partial charge in [-0.1, -0.05) is 0 Å². The Morgan fingerprint density at radius 2 is 1.75 bits per heavy atom. The van der Waals surface area contributed by atoms with Crippen LogP contribution in [0.15, 0.2) is 0 Å². The van der Waals surface area contributed by atoms with Gasteiger partial charge in [0.15, 0.2) is 0 Å². The number of aliphatic hydroxyl groups excluding tert-OH is 3. The maximum Gasteiger partial charge on any atom is 0.248 e. The summed E-state index contributed by atoms with van der Waals surface area (Å²) >= 11 is 0. The number of amides is 1. The molecular weight excluding hydrogens is 214 g/mol. The second kappa shape index (κ2) is 8.46. The molecule has 6 heteroatoms. The Labute approximate surface area is 95.4 Å². The van der Waals surface area contributed by atoms with Crippen molar-refractivity contribution >= 4 is 5.91 Å². The van der Waals surface area contributed by atoms with Gasteiger partial charge in [0.25, 0.3) is 0 Å². The van der Waals surface area contributed by atoms with Gasteiger partial charge >= 0.3 is 0 Å². The van der Waals surface area contributed by atoms with E-state index in [-0.39, 0.29) is 38.8 Å². The quantitative estimate of drug-likeness (QED) is 0.449. The molecule has 16 heavy (non-hydrogen) atoms. The first kappa shape index (κ1) is 15.3. The van der Waals surface area contributed by atoms with Gasteiger partial charge in [-0.3, -0.25) is 4.79 Å². The van der Waals surface area contributed by atoms with Crippen molar-refractivity contribution < 1.29 is 24.9 Å². The van der Waals surface area contributed by atoms with E-state index in [0.29, 0.717) is 0 Å². The molecular formula is C10H21NO5. The van der Waals surface area contributed by atoms with E-state index in [1.54, 1.807) is 13.8 Å². The second-order valence-electron chi connectivity index (χ2n) is 3.77. The Morgan fingerprint density at radius 1 is 1.25 bits per heavy atom. The van der Waals surface area contributed by atoms with E-state index in [1.807, 2.05) is 0 Å². The third-order valence-corrected chi connectivity index (χ3v) is 1.78. The molecule has 0 radical (unpaired) electrons. The summed E-state index contributed by atoms with van der Waals surface area (Å²) in [6, 6.07) is 0. The van der Waals surface area contributed by atoms with Crippen LogP contribution in [0.3, 0.4) is 0 Å². The van der Waals surface area contributed by atoms with Gasteiger partial charge in [-0.25, -0.2) is 0 Å². The lowest BCUT2D eigenvalue weighted by Gasteiger charge is -2.25. The standard InChI is InChI=1S/C10H21NO5/c1-8(13)5-11(6-9(2)14)10(15)7-16-4-3-12/h8-9,12-14H,3-7H2,1-2H3. The van der Waals surface area contributed by atoms with Crippen LogP contribution in [0.4, 0.5) is 0 Å². The molecule has 0 saturated carbocycles. The molecule has 0 aromatic heterocycles. The zero-order chi connectivity index (χ0) is 12.6. The molecule has 0 aliphatic carbocycles. The normalized spacial score (nSPS) is 14.6. The number of hydrogen-bond acceptors (Lipinski definition) is 5. The molecule has 0 bridgehead atoms. The van der Waals surface area contributed by atoms with Gasteiger partial charge in [-0.15, -0.1) is 0 Å². The number of nitrogens with zero attached hydrogens (tertiary/aromatic N) is 1. The van der Waals surface area contributed by atoms with Crippen LogP contribution in [0.2, 0.25) is 0 Å². The van der Waals surface area contributed by atoms with Gasteiger partial charge in [0.2, 0.25) is 5.91 Å². The summed E-state index contributed by atoms with van der Waals surface area (Å²) in [7, 11) is 0. The van der Waals surface area contributed by atoms with Gasteiger partial charge < -0.3 is 25.0 Å². The van der Waals surface area contributed by atoms with Crippen LogP contribution in [-0.4, -0.2) is 71.2 Å². The van der Waals surface area contributed by atoms with Crippen LogP contribution in [-0.2, 0) is 9.53 Å². The highest BCUT2D eigenvalue weighted by atomic mass is 16.5. The largest absolute Gasteiger partial charge is 0.394 e. The summed E-state index contributed by atoms with van der Waals surface area (Å²) in [4.78, 5) is 12.9. The van der Waals surface area contributed by atoms with E-state index in [1.165, 1.54) is 4.90 Å². The number of rotatable bonds is 8. The Kier molecular flexibility index (Phi) is 8.10. The highest BCUT2D eigenvalue weighted by molar-refractivity contribution is 5.77. The van der Waals surface area contributed by atoms with Crippen molar-refractivity contribution in [3.8, 4) is 0 Å². The van der Waals surface area contributed by atoms with E-state index in [2.05, 4.69) is 0 Å². The summed E-state index contributed by atoms with van der Waals surface area (Å²) in [5.74, 6) is -0.310. The monoisotopic (exact) mass is 235 g/mol. The Hall–Kier alpha value is -0.690. The average molecular weight is 235 g/mol. The fraction of sp³-hybridized carbons (Fsp3) is 0.900. The molecule has 0 fully saturated rings. The Morgan fingerprint density at radius 3 is 2.12 bits per heavy atom. The van der Waals surface area contributed by atoms with Crippen molar-refractivity contribution in [2.24, 2.45) is 0 Å². The molecule has 0 heterocycles. The lowest BCUT2D eigenvalue weighted by Crippen LogP contribution is -2.42. The Bertz CT molecular complexity index is 186. The molecule has 1 amide bonds. The molecule has 2 atom stereocenters. The van der Waals surface area contributed by atoms with Crippen molar-refractivity contribution in [2.45, 2.75) is 26.1 Å². The maximum atomic E-state index is 11.6. The number of hydrogen-bond donors (Lipinski definition) is 3. The SMILES string of the molecule is CC(O)CN(CC(C)O)C(=O)COCCO.